The van der Waals surface area contributed by atoms with Crippen molar-refractivity contribution in [1.29, 1.82) is 0 Å². The minimum absolute atomic E-state index is 0.208. The molecule has 0 aliphatic rings. The summed E-state index contributed by atoms with van der Waals surface area (Å²) in [4.78, 5) is 2.32. The van der Waals surface area contributed by atoms with Gasteiger partial charge in [-0.2, -0.15) is 0 Å². The quantitative estimate of drug-likeness (QED) is 0.286. The van der Waals surface area contributed by atoms with Crippen LogP contribution in [0.3, 0.4) is 0 Å². The Morgan fingerprint density at radius 3 is 2.52 bits per heavy atom. The summed E-state index contributed by atoms with van der Waals surface area (Å²) < 4.78 is 0. The Morgan fingerprint density at radius 2 is 1.79 bits per heavy atom. The molecule has 0 saturated carbocycles. The topological polar surface area (TPSA) is 61.5 Å². The van der Waals surface area contributed by atoms with Crippen LogP contribution in [0.2, 0.25) is 5.02 Å². The molecule has 4 N–H and O–H groups in total. The van der Waals surface area contributed by atoms with Gasteiger partial charge in [-0.15, -0.1) is 0 Å². The average Bonchev–Trinajstić information content (AvgIpc) is 2.79. The molecule has 2 aromatic carbocycles. The molecule has 2 rings (SSSR count). The molecule has 0 heterocycles. The van der Waals surface area contributed by atoms with E-state index in [2.05, 4.69) is 54.4 Å². The molecule has 1 atom stereocenters. The highest BCUT2D eigenvalue weighted by Gasteiger charge is 2.11. The van der Waals surface area contributed by atoms with Crippen LogP contribution < -0.4 is 11.1 Å². The number of aliphatic hydroxyl groups is 1. The van der Waals surface area contributed by atoms with E-state index in [1.807, 2.05) is 12.1 Å². The molecule has 0 fully saturated rings. The van der Waals surface area contributed by atoms with E-state index in [0.29, 0.717) is 12.6 Å². The lowest BCUT2D eigenvalue weighted by atomic mass is 9.96. The summed E-state index contributed by atoms with van der Waals surface area (Å²) in [5.41, 5.74) is 11.2. The summed E-state index contributed by atoms with van der Waals surface area (Å²) in [5.74, 6) is 0. The Kier molecular flexibility index (Phi) is 13.7. The highest BCUT2D eigenvalue weighted by Crippen LogP contribution is 2.17. The summed E-state index contributed by atoms with van der Waals surface area (Å²) in [6.45, 7) is 8.99. The van der Waals surface area contributed by atoms with Gasteiger partial charge in [0.25, 0.3) is 0 Å². The van der Waals surface area contributed by atoms with Crippen molar-refractivity contribution in [1.82, 2.24) is 10.2 Å². The fourth-order valence-electron chi connectivity index (χ4n) is 4.45. The fraction of sp³-hybridized carbons (Fsp3) is 0.571. The van der Waals surface area contributed by atoms with E-state index in [1.165, 1.54) is 22.3 Å². The second-order valence-corrected chi connectivity index (χ2v) is 9.64. The molecule has 0 bridgehead atoms. The van der Waals surface area contributed by atoms with Gasteiger partial charge in [0.2, 0.25) is 0 Å². The first-order valence-corrected chi connectivity index (χ1v) is 13.0. The molecule has 0 aliphatic heterocycles. The number of nitrogens with two attached hydrogens (primary N) is 1. The second-order valence-electron chi connectivity index (χ2n) is 9.20. The summed E-state index contributed by atoms with van der Waals surface area (Å²) in [6.07, 6.45) is 7.68. The van der Waals surface area contributed by atoms with Crippen LogP contribution in [-0.4, -0.2) is 55.4 Å². The van der Waals surface area contributed by atoms with E-state index in [4.69, 9.17) is 17.3 Å². The normalized spacial score (nSPS) is 12.4. The van der Waals surface area contributed by atoms with Gasteiger partial charge in [0, 0.05) is 17.6 Å². The lowest BCUT2D eigenvalue weighted by Gasteiger charge is -2.23. The molecule has 5 heteroatoms. The van der Waals surface area contributed by atoms with Gasteiger partial charge in [-0.05, 0) is 114 Å². The Bertz CT molecular complexity index is 798. The first-order chi connectivity index (χ1) is 16.0. The van der Waals surface area contributed by atoms with Gasteiger partial charge < -0.3 is 21.1 Å². The molecule has 2 aromatic rings. The summed E-state index contributed by atoms with van der Waals surface area (Å²) >= 11 is 6.15. The predicted octanol–water partition coefficient (Wildman–Crippen LogP) is 4.90. The summed E-state index contributed by atoms with van der Waals surface area (Å²) in [7, 11) is 0. The third kappa shape index (κ3) is 11.5. The zero-order chi connectivity index (χ0) is 23.9. The molecule has 0 radical (unpaired) electrons. The van der Waals surface area contributed by atoms with E-state index in [9.17, 15) is 5.11 Å². The molecular weight excluding hydrogens is 430 g/mol. The molecule has 0 spiro atoms. The minimum atomic E-state index is 0.208. The number of halogens is 1. The summed E-state index contributed by atoms with van der Waals surface area (Å²) in [5, 5.41) is 14.0. The minimum Gasteiger partial charge on any atom is -0.395 e. The molecule has 4 nitrogen and oxygen atoms in total. The van der Waals surface area contributed by atoms with Gasteiger partial charge in [0.15, 0.2) is 0 Å². The molecule has 33 heavy (non-hydrogen) atoms. The van der Waals surface area contributed by atoms with Gasteiger partial charge >= 0.3 is 0 Å². The van der Waals surface area contributed by atoms with Crippen LogP contribution in [0.15, 0.2) is 42.5 Å². The maximum Gasteiger partial charge on any atom is 0.0558 e. The number of aliphatic hydroxyl groups excluding tert-OH is 1. The van der Waals surface area contributed by atoms with E-state index < -0.39 is 0 Å². The zero-order valence-electron chi connectivity index (χ0n) is 20.7. The predicted molar refractivity (Wildman–Crippen MR) is 142 cm³/mol. The molecule has 0 saturated heterocycles. The smallest absolute Gasteiger partial charge is 0.0558 e. The van der Waals surface area contributed by atoms with E-state index >= 15 is 0 Å². The van der Waals surface area contributed by atoms with E-state index in [-0.39, 0.29) is 6.61 Å². The average molecular weight is 474 g/mol. The van der Waals surface area contributed by atoms with Gasteiger partial charge in [-0.25, -0.2) is 0 Å². The fourth-order valence-corrected chi connectivity index (χ4v) is 4.66. The first kappa shape index (κ1) is 27.8. The molecular formula is C28H44ClN3O. The zero-order valence-corrected chi connectivity index (χ0v) is 21.4. The van der Waals surface area contributed by atoms with Crippen LogP contribution in [0, 0.1) is 13.8 Å². The number of nitrogens with zero attached hydrogens (tertiary/aromatic N) is 1. The Balaban J connectivity index is 1.85. The van der Waals surface area contributed by atoms with Crippen LogP contribution in [0.25, 0.3) is 0 Å². The highest BCUT2D eigenvalue weighted by atomic mass is 35.5. The SMILES string of the molecule is Cc1ccc(CCC(CCCc2cccc(Cl)c2)NCCCN(CCO)CCCN)c(C)c1. The third-order valence-corrected chi connectivity index (χ3v) is 6.58. The van der Waals surface area contributed by atoms with Crippen molar-refractivity contribution < 1.29 is 5.11 Å². The highest BCUT2D eigenvalue weighted by molar-refractivity contribution is 6.30. The Labute approximate surface area is 206 Å². The number of aryl methyl sites for hydroxylation is 4. The van der Waals surface area contributed by atoms with Gasteiger partial charge in [-0.3, -0.25) is 0 Å². The van der Waals surface area contributed by atoms with Gasteiger partial charge in [0.05, 0.1) is 6.61 Å². The summed E-state index contributed by atoms with van der Waals surface area (Å²) in [6, 6.07) is 15.5. The van der Waals surface area contributed by atoms with E-state index in [0.717, 1.165) is 76.1 Å². The molecule has 184 valence electrons. The van der Waals surface area contributed by atoms with Crippen molar-refractivity contribution in [2.75, 3.05) is 39.3 Å². The maximum absolute atomic E-state index is 9.31. The van der Waals surface area contributed by atoms with Crippen LogP contribution >= 0.6 is 11.6 Å². The standard InChI is InChI=1S/C28H44ClN3O/c1-23-11-12-26(24(2)21-23)13-14-28(10-4-8-25-7-3-9-27(29)22-25)31-16-6-18-32(19-20-33)17-5-15-30/h3,7,9,11-12,21-22,28,31,33H,4-6,8,10,13-20,30H2,1-2H3. The maximum atomic E-state index is 9.31. The van der Waals surface area contributed by atoms with Crippen LogP contribution in [0.5, 0.6) is 0 Å². The first-order valence-electron chi connectivity index (χ1n) is 12.6. The van der Waals surface area contributed by atoms with Gasteiger partial charge in [-0.1, -0.05) is 47.5 Å². The van der Waals surface area contributed by atoms with Crippen molar-refractivity contribution in [3.05, 3.63) is 69.7 Å². The van der Waals surface area contributed by atoms with Gasteiger partial charge in [0.1, 0.15) is 0 Å². The van der Waals surface area contributed by atoms with Crippen molar-refractivity contribution in [3.63, 3.8) is 0 Å². The van der Waals surface area contributed by atoms with Crippen molar-refractivity contribution in [3.8, 4) is 0 Å². The Hall–Kier alpha value is -1.43. The second kappa shape index (κ2) is 16.2. The number of nitrogens with one attached hydrogen (secondary N) is 1. The number of rotatable bonds is 17. The number of hydrogen-bond acceptors (Lipinski definition) is 4. The molecule has 1 unspecified atom stereocenters. The third-order valence-electron chi connectivity index (χ3n) is 6.35. The lowest BCUT2D eigenvalue weighted by Crippen LogP contribution is -2.35. The van der Waals surface area contributed by atoms with Crippen LogP contribution in [-0.2, 0) is 12.8 Å². The van der Waals surface area contributed by atoms with Crippen molar-refractivity contribution >= 4 is 11.6 Å². The van der Waals surface area contributed by atoms with Crippen molar-refractivity contribution in [2.45, 2.75) is 64.8 Å². The Morgan fingerprint density at radius 1 is 0.970 bits per heavy atom. The number of hydrogen-bond donors (Lipinski definition) is 3. The number of benzene rings is 2. The van der Waals surface area contributed by atoms with Crippen molar-refractivity contribution in [2.24, 2.45) is 5.73 Å². The monoisotopic (exact) mass is 473 g/mol. The molecule has 0 aliphatic carbocycles. The lowest BCUT2D eigenvalue weighted by molar-refractivity contribution is 0.192. The molecule has 0 aromatic heterocycles. The van der Waals surface area contributed by atoms with Crippen LogP contribution in [0.1, 0.15) is 54.4 Å². The van der Waals surface area contributed by atoms with Crippen LogP contribution in [0.4, 0.5) is 0 Å². The van der Waals surface area contributed by atoms with E-state index in [1.54, 1.807) is 0 Å². The largest absolute Gasteiger partial charge is 0.395 e. The molecule has 0 amide bonds.